The molecule has 0 bridgehead atoms. The third-order valence-corrected chi connectivity index (χ3v) is 6.45. The molecule has 4 nitrogen and oxygen atoms in total. The molecule has 35 heavy (non-hydrogen) atoms. The summed E-state index contributed by atoms with van der Waals surface area (Å²) in [6.07, 6.45) is 26.1. The van der Waals surface area contributed by atoms with Gasteiger partial charge in [-0.05, 0) is 18.4 Å². The molecule has 0 radical (unpaired) electrons. The van der Waals surface area contributed by atoms with Crippen molar-refractivity contribution < 1.29 is 9.53 Å². The number of hydrogen-bond acceptors (Lipinski definition) is 3. The fraction of sp³-hybridized carbons (Fsp3) is 0.548. The average molecular weight is 480 g/mol. The van der Waals surface area contributed by atoms with Crippen LogP contribution in [0.5, 0.6) is 5.75 Å². The van der Waals surface area contributed by atoms with Gasteiger partial charge in [0, 0.05) is 18.5 Å². The van der Waals surface area contributed by atoms with Crippen molar-refractivity contribution in [2.24, 2.45) is 0 Å². The first-order valence-electron chi connectivity index (χ1n) is 13.8. The second kappa shape index (κ2) is 18.7. The van der Waals surface area contributed by atoms with E-state index in [4.69, 9.17) is 4.74 Å². The van der Waals surface area contributed by atoms with Gasteiger partial charge in [0.15, 0.2) is 12.0 Å². The van der Waals surface area contributed by atoms with Gasteiger partial charge in [-0.25, -0.2) is 0 Å². The Bertz CT molecular complexity index is 901. The van der Waals surface area contributed by atoms with Crippen molar-refractivity contribution in [1.29, 1.82) is 0 Å². The van der Waals surface area contributed by atoms with Gasteiger partial charge in [0.1, 0.15) is 12.3 Å². The van der Waals surface area contributed by atoms with Gasteiger partial charge in [-0.1, -0.05) is 127 Å². The second-order valence-electron chi connectivity index (χ2n) is 9.46. The van der Waals surface area contributed by atoms with Gasteiger partial charge in [-0.15, -0.1) is 0 Å². The quantitative estimate of drug-likeness (QED) is 0.141. The molecule has 2 aromatic rings. The highest BCUT2D eigenvalue weighted by Gasteiger charge is 2.11. The van der Waals surface area contributed by atoms with Crippen LogP contribution in [0.1, 0.15) is 119 Å². The van der Waals surface area contributed by atoms with Crippen LogP contribution in [0, 0.1) is 0 Å². The van der Waals surface area contributed by atoms with E-state index >= 15 is 0 Å². The lowest BCUT2D eigenvalue weighted by Crippen LogP contribution is -2.14. The summed E-state index contributed by atoms with van der Waals surface area (Å²) in [5.74, 6) is 0.104. The number of aromatic nitrogens is 1. The molecular formula is C31H45NO3. The number of ether oxygens (including phenoxy) is 1. The normalized spacial score (nSPS) is 11.2. The fourth-order valence-electron chi connectivity index (χ4n) is 4.31. The molecule has 0 unspecified atom stereocenters. The number of carbonyl (C=O) groups excluding carboxylic acids is 1. The van der Waals surface area contributed by atoms with E-state index in [9.17, 15) is 9.59 Å². The summed E-state index contributed by atoms with van der Waals surface area (Å²) in [6, 6.07) is 11.1. The van der Waals surface area contributed by atoms with Gasteiger partial charge in [0.2, 0.25) is 5.43 Å². The second-order valence-corrected chi connectivity index (χ2v) is 9.46. The summed E-state index contributed by atoms with van der Waals surface area (Å²) >= 11 is 0. The van der Waals surface area contributed by atoms with Gasteiger partial charge in [0.05, 0.1) is 0 Å². The number of rotatable bonds is 20. The van der Waals surface area contributed by atoms with Crippen LogP contribution in [0.3, 0.4) is 0 Å². The van der Waals surface area contributed by atoms with E-state index in [-0.39, 0.29) is 23.5 Å². The molecule has 192 valence electrons. The average Bonchev–Trinajstić information content (AvgIpc) is 2.88. The zero-order chi connectivity index (χ0) is 25.0. The monoisotopic (exact) mass is 479 g/mol. The first-order chi connectivity index (χ1) is 17.3. The van der Waals surface area contributed by atoms with Gasteiger partial charge < -0.3 is 9.30 Å². The minimum Gasteiger partial charge on any atom is -0.483 e. The van der Waals surface area contributed by atoms with E-state index in [0.29, 0.717) is 6.29 Å². The van der Waals surface area contributed by atoms with E-state index in [2.05, 4.69) is 13.0 Å². The molecule has 0 spiro atoms. The minimum absolute atomic E-state index is 0.104. The first kappa shape index (κ1) is 28.6. The maximum absolute atomic E-state index is 12.3. The van der Waals surface area contributed by atoms with Crippen molar-refractivity contribution in [2.45, 2.75) is 110 Å². The molecule has 0 saturated carbocycles. The lowest BCUT2D eigenvalue weighted by Gasteiger charge is -2.11. The predicted octanol–water partition coefficient (Wildman–Crippen LogP) is 8.58. The van der Waals surface area contributed by atoms with Gasteiger partial charge in [-0.3, -0.25) is 9.59 Å². The van der Waals surface area contributed by atoms with E-state index in [1.807, 2.05) is 36.5 Å². The molecule has 1 heterocycles. The summed E-state index contributed by atoms with van der Waals surface area (Å²) < 4.78 is 7.40. The highest BCUT2D eigenvalue weighted by molar-refractivity contribution is 5.77. The van der Waals surface area contributed by atoms with Crippen molar-refractivity contribution in [1.82, 2.24) is 4.57 Å². The summed E-state index contributed by atoms with van der Waals surface area (Å²) in [7, 11) is 0. The van der Waals surface area contributed by atoms with E-state index in [1.54, 1.807) is 10.8 Å². The van der Waals surface area contributed by atoms with Crippen molar-refractivity contribution in [2.75, 3.05) is 0 Å². The number of allylic oxidation sites excluding steroid dienone is 1. The Morgan fingerprint density at radius 3 is 1.91 bits per heavy atom. The lowest BCUT2D eigenvalue weighted by molar-refractivity contribution is 0.111. The Labute approximate surface area is 212 Å². The van der Waals surface area contributed by atoms with Crippen LogP contribution in [0.25, 0.3) is 6.20 Å². The third kappa shape index (κ3) is 12.1. The number of pyridine rings is 1. The van der Waals surface area contributed by atoms with Crippen LogP contribution in [-0.2, 0) is 6.61 Å². The number of benzene rings is 1. The Morgan fingerprint density at radius 1 is 0.771 bits per heavy atom. The van der Waals surface area contributed by atoms with Crippen molar-refractivity contribution >= 4 is 12.5 Å². The molecule has 2 rings (SSSR count). The van der Waals surface area contributed by atoms with Gasteiger partial charge in [-0.2, -0.15) is 0 Å². The Hall–Kier alpha value is -2.62. The molecule has 0 aliphatic carbocycles. The molecule has 0 saturated heterocycles. The van der Waals surface area contributed by atoms with Crippen LogP contribution < -0.4 is 10.2 Å². The SMILES string of the molecule is CCCCCCCCCCCCCCCCC=Cn1ccc(=O)c(OCc2ccccc2)c1C=O. The third-order valence-electron chi connectivity index (χ3n) is 6.45. The molecule has 4 heteroatoms. The zero-order valence-electron chi connectivity index (χ0n) is 21.8. The molecular weight excluding hydrogens is 434 g/mol. The molecule has 0 atom stereocenters. The van der Waals surface area contributed by atoms with Crippen LogP contribution in [-0.4, -0.2) is 10.9 Å². The zero-order valence-corrected chi connectivity index (χ0v) is 21.8. The number of aldehydes is 1. The van der Waals surface area contributed by atoms with Crippen LogP contribution in [0.2, 0.25) is 0 Å². The number of unbranched alkanes of at least 4 members (excludes halogenated alkanes) is 14. The molecule has 0 aliphatic heterocycles. The molecule has 0 fully saturated rings. The summed E-state index contributed by atoms with van der Waals surface area (Å²) in [5.41, 5.74) is 0.929. The maximum atomic E-state index is 12.3. The maximum Gasteiger partial charge on any atom is 0.224 e. The Balaban J connectivity index is 1.60. The molecule has 0 N–H and O–H groups in total. The summed E-state index contributed by atoms with van der Waals surface area (Å²) in [5, 5.41) is 0. The predicted molar refractivity (Wildman–Crippen MR) is 147 cm³/mol. The molecule has 0 amide bonds. The van der Waals surface area contributed by atoms with E-state index < -0.39 is 0 Å². The topological polar surface area (TPSA) is 48.3 Å². The highest BCUT2D eigenvalue weighted by atomic mass is 16.5. The summed E-state index contributed by atoms with van der Waals surface area (Å²) in [4.78, 5) is 24.0. The Kier molecular flexibility index (Phi) is 15.3. The van der Waals surface area contributed by atoms with Crippen LogP contribution >= 0.6 is 0 Å². The lowest BCUT2D eigenvalue weighted by atomic mass is 10.0. The van der Waals surface area contributed by atoms with Crippen LogP contribution in [0.15, 0.2) is 53.5 Å². The van der Waals surface area contributed by atoms with Crippen LogP contribution in [0.4, 0.5) is 0 Å². The molecule has 1 aromatic heterocycles. The standard InChI is InChI=1S/C31H45NO3/c1-2-3-4-5-6-7-8-9-10-11-12-13-14-15-16-20-24-32-25-23-30(34)31(29(32)26-33)35-27-28-21-18-17-19-22-28/h17-26H,2-16,27H2,1H3. The van der Waals surface area contributed by atoms with Crippen molar-refractivity contribution in [3.63, 3.8) is 0 Å². The number of carbonyl (C=O) groups is 1. The van der Waals surface area contributed by atoms with Crippen molar-refractivity contribution in [3.8, 4) is 5.75 Å². The van der Waals surface area contributed by atoms with Gasteiger partial charge >= 0.3 is 0 Å². The van der Waals surface area contributed by atoms with E-state index in [1.165, 1.54) is 89.5 Å². The number of nitrogens with zero attached hydrogens (tertiary/aromatic N) is 1. The summed E-state index contributed by atoms with van der Waals surface area (Å²) in [6.45, 7) is 2.53. The fourth-order valence-corrected chi connectivity index (χ4v) is 4.31. The largest absolute Gasteiger partial charge is 0.483 e. The van der Waals surface area contributed by atoms with Crippen molar-refractivity contribution in [3.05, 3.63) is 70.2 Å². The molecule has 0 aliphatic rings. The first-order valence-corrected chi connectivity index (χ1v) is 13.8. The highest BCUT2D eigenvalue weighted by Crippen LogP contribution is 2.16. The molecule has 1 aromatic carbocycles. The van der Waals surface area contributed by atoms with Gasteiger partial charge in [0.25, 0.3) is 0 Å². The Morgan fingerprint density at radius 2 is 1.34 bits per heavy atom. The smallest absolute Gasteiger partial charge is 0.224 e. The van der Waals surface area contributed by atoms with E-state index in [0.717, 1.165) is 18.4 Å². The minimum atomic E-state index is -0.278. The number of hydrogen-bond donors (Lipinski definition) is 0.